The Hall–Kier alpha value is -1.78. The minimum Gasteiger partial charge on any atom is -0.397 e. The van der Waals surface area contributed by atoms with Crippen molar-refractivity contribution in [3.8, 4) is 0 Å². The second kappa shape index (κ2) is 5.34. The maximum Gasteiger partial charge on any atom is 0.236 e. The summed E-state index contributed by atoms with van der Waals surface area (Å²) in [7, 11) is 0. The molecule has 0 saturated heterocycles. The van der Waals surface area contributed by atoms with Gasteiger partial charge in [0.25, 0.3) is 0 Å². The highest BCUT2D eigenvalue weighted by Crippen LogP contribution is 2.13. The highest BCUT2D eigenvalue weighted by atomic mass is 16.1. The van der Waals surface area contributed by atoms with Gasteiger partial charge in [-0.15, -0.1) is 0 Å². The minimum atomic E-state index is -0.362. The number of nitrogens with two attached hydrogens (primary N) is 2. The maximum atomic E-state index is 11.0. The van der Waals surface area contributed by atoms with Crippen LogP contribution in [0.15, 0.2) is 18.3 Å². The van der Waals surface area contributed by atoms with Crippen LogP contribution in [0.5, 0.6) is 0 Å². The molecule has 0 aromatic carbocycles. The number of hydrogen-bond acceptors (Lipinski definition) is 4. The molecule has 0 atom stereocenters. The van der Waals surface area contributed by atoms with Crippen LogP contribution in [0.1, 0.15) is 13.8 Å². The molecule has 0 radical (unpaired) electrons. The molecule has 1 aromatic rings. The monoisotopic (exact) mass is 222 g/mol. The highest BCUT2D eigenvalue weighted by molar-refractivity contribution is 5.79. The molecule has 88 valence electrons. The van der Waals surface area contributed by atoms with Crippen molar-refractivity contribution in [1.29, 1.82) is 0 Å². The van der Waals surface area contributed by atoms with E-state index in [1.54, 1.807) is 18.3 Å². The van der Waals surface area contributed by atoms with Gasteiger partial charge in [0, 0.05) is 6.54 Å². The van der Waals surface area contributed by atoms with Gasteiger partial charge >= 0.3 is 0 Å². The second-order valence-electron chi connectivity index (χ2n) is 4.19. The lowest BCUT2D eigenvalue weighted by Crippen LogP contribution is -2.36. The van der Waals surface area contributed by atoms with Crippen LogP contribution in [0, 0.1) is 5.92 Å². The second-order valence-corrected chi connectivity index (χ2v) is 4.19. The fourth-order valence-electron chi connectivity index (χ4n) is 1.45. The summed E-state index contributed by atoms with van der Waals surface area (Å²) in [5.74, 6) is 0.791. The van der Waals surface area contributed by atoms with Gasteiger partial charge in [0.2, 0.25) is 5.91 Å². The number of anilines is 2. The molecule has 0 spiro atoms. The summed E-state index contributed by atoms with van der Waals surface area (Å²) < 4.78 is 0. The molecule has 5 nitrogen and oxygen atoms in total. The van der Waals surface area contributed by atoms with Gasteiger partial charge in [-0.1, -0.05) is 13.8 Å². The molecule has 0 aliphatic heterocycles. The van der Waals surface area contributed by atoms with E-state index in [1.807, 2.05) is 4.90 Å². The van der Waals surface area contributed by atoms with Gasteiger partial charge in [-0.3, -0.25) is 4.79 Å². The van der Waals surface area contributed by atoms with E-state index >= 15 is 0 Å². The van der Waals surface area contributed by atoms with Gasteiger partial charge in [0.1, 0.15) is 5.82 Å². The van der Waals surface area contributed by atoms with Crippen molar-refractivity contribution in [2.75, 3.05) is 23.7 Å². The van der Waals surface area contributed by atoms with E-state index in [0.29, 0.717) is 11.6 Å². The molecule has 5 heteroatoms. The van der Waals surface area contributed by atoms with E-state index in [0.717, 1.165) is 12.4 Å². The maximum absolute atomic E-state index is 11.0. The number of carbonyl (C=O) groups is 1. The van der Waals surface area contributed by atoms with Gasteiger partial charge in [-0.25, -0.2) is 4.98 Å². The average Bonchev–Trinajstić information content (AvgIpc) is 2.16. The number of nitrogen functional groups attached to an aromatic ring is 1. The van der Waals surface area contributed by atoms with Crippen molar-refractivity contribution in [2.45, 2.75) is 13.8 Å². The Morgan fingerprint density at radius 2 is 2.19 bits per heavy atom. The molecular weight excluding hydrogens is 204 g/mol. The Balaban J connectivity index is 2.82. The number of aromatic nitrogens is 1. The summed E-state index contributed by atoms with van der Waals surface area (Å²) in [5.41, 5.74) is 11.4. The molecule has 0 saturated carbocycles. The molecule has 16 heavy (non-hydrogen) atoms. The molecule has 0 aliphatic rings. The molecule has 1 aromatic heterocycles. The number of nitrogens with zero attached hydrogens (tertiary/aromatic N) is 2. The van der Waals surface area contributed by atoms with Crippen molar-refractivity contribution in [3.05, 3.63) is 18.3 Å². The molecule has 1 rings (SSSR count). The van der Waals surface area contributed by atoms with Gasteiger partial charge < -0.3 is 16.4 Å². The van der Waals surface area contributed by atoms with E-state index in [9.17, 15) is 4.79 Å². The smallest absolute Gasteiger partial charge is 0.236 e. The Bertz CT molecular complexity index is 348. The predicted molar refractivity (Wildman–Crippen MR) is 64.9 cm³/mol. The molecule has 0 fully saturated rings. The number of pyridine rings is 1. The third kappa shape index (κ3) is 3.76. The zero-order chi connectivity index (χ0) is 12.1. The first-order valence-electron chi connectivity index (χ1n) is 5.24. The largest absolute Gasteiger partial charge is 0.397 e. The summed E-state index contributed by atoms with van der Waals surface area (Å²) >= 11 is 0. The normalized spacial score (nSPS) is 10.4. The van der Waals surface area contributed by atoms with E-state index in [-0.39, 0.29) is 12.5 Å². The van der Waals surface area contributed by atoms with Gasteiger partial charge in [-0.2, -0.15) is 0 Å². The van der Waals surface area contributed by atoms with Crippen LogP contribution in [0.25, 0.3) is 0 Å². The van der Waals surface area contributed by atoms with Gasteiger partial charge in [-0.05, 0) is 18.1 Å². The van der Waals surface area contributed by atoms with Crippen LogP contribution in [-0.2, 0) is 4.79 Å². The summed E-state index contributed by atoms with van der Waals surface area (Å²) in [6.45, 7) is 5.06. The number of carbonyl (C=O) groups excluding carboxylic acids is 1. The number of rotatable bonds is 5. The van der Waals surface area contributed by atoms with Crippen LogP contribution < -0.4 is 16.4 Å². The van der Waals surface area contributed by atoms with E-state index in [1.165, 1.54) is 0 Å². The highest BCUT2D eigenvalue weighted by Gasteiger charge is 2.12. The Labute approximate surface area is 95.4 Å². The molecule has 1 amide bonds. The fourth-order valence-corrected chi connectivity index (χ4v) is 1.45. The fraction of sp³-hybridized carbons (Fsp3) is 0.455. The third-order valence-corrected chi connectivity index (χ3v) is 2.03. The molecule has 0 aliphatic carbocycles. The van der Waals surface area contributed by atoms with Crippen LogP contribution in [0.2, 0.25) is 0 Å². The molecule has 0 unspecified atom stereocenters. The Morgan fingerprint density at radius 3 is 2.62 bits per heavy atom. The first-order valence-corrected chi connectivity index (χ1v) is 5.24. The summed E-state index contributed by atoms with van der Waals surface area (Å²) in [5, 5.41) is 0. The molecule has 0 bridgehead atoms. The number of hydrogen-bond donors (Lipinski definition) is 2. The van der Waals surface area contributed by atoms with Crippen LogP contribution in [0.3, 0.4) is 0 Å². The van der Waals surface area contributed by atoms with Crippen molar-refractivity contribution in [2.24, 2.45) is 11.7 Å². The average molecular weight is 222 g/mol. The van der Waals surface area contributed by atoms with Crippen molar-refractivity contribution >= 4 is 17.4 Å². The summed E-state index contributed by atoms with van der Waals surface area (Å²) in [6, 6.07) is 3.55. The predicted octanol–water partition coefficient (Wildman–Crippen LogP) is 0.611. The topological polar surface area (TPSA) is 85.2 Å². The van der Waals surface area contributed by atoms with Crippen molar-refractivity contribution < 1.29 is 4.79 Å². The zero-order valence-corrected chi connectivity index (χ0v) is 9.68. The first kappa shape index (κ1) is 12.3. The third-order valence-electron chi connectivity index (χ3n) is 2.03. The molecular formula is C11H18N4O. The van der Waals surface area contributed by atoms with Gasteiger partial charge in [0.05, 0.1) is 18.4 Å². The van der Waals surface area contributed by atoms with E-state index < -0.39 is 0 Å². The Morgan fingerprint density at radius 1 is 1.50 bits per heavy atom. The lowest BCUT2D eigenvalue weighted by Gasteiger charge is -2.24. The van der Waals surface area contributed by atoms with Crippen LogP contribution in [0.4, 0.5) is 11.5 Å². The van der Waals surface area contributed by atoms with Crippen LogP contribution >= 0.6 is 0 Å². The lowest BCUT2D eigenvalue weighted by molar-refractivity contribution is -0.116. The zero-order valence-electron chi connectivity index (χ0n) is 9.68. The van der Waals surface area contributed by atoms with Crippen LogP contribution in [-0.4, -0.2) is 24.0 Å². The number of amides is 1. The first-order chi connectivity index (χ1) is 7.49. The summed E-state index contributed by atoms with van der Waals surface area (Å²) in [6.07, 6.45) is 1.57. The van der Waals surface area contributed by atoms with E-state index in [4.69, 9.17) is 11.5 Å². The minimum absolute atomic E-state index is 0.176. The molecule has 4 N–H and O–H groups in total. The van der Waals surface area contributed by atoms with Crippen molar-refractivity contribution in [3.63, 3.8) is 0 Å². The standard InChI is InChI=1S/C11H18N4O/c1-8(2)6-15(7-10(13)16)11-4-3-9(12)5-14-11/h3-5,8H,6-7,12H2,1-2H3,(H2,13,16). The quantitative estimate of drug-likeness (QED) is 0.764. The van der Waals surface area contributed by atoms with Gasteiger partial charge in [0.15, 0.2) is 0 Å². The Kier molecular flexibility index (Phi) is 4.10. The van der Waals surface area contributed by atoms with Crippen molar-refractivity contribution in [1.82, 2.24) is 4.98 Å². The SMILES string of the molecule is CC(C)CN(CC(N)=O)c1ccc(N)cn1. The van der Waals surface area contributed by atoms with E-state index in [2.05, 4.69) is 18.8 Å². The number of primary amides is 1. The molecule has 1 heterocycles. The summed E-state index contributed by atoms with van der Waals surface area (Å²) in [4.78, 5) is 17.0. The lowest BCUT2D eigenvalue weighted by atomic mass is 10.2.